The van der Waals surface area contributed by atoms with Crippen LogP contribution in [0, 0.1) is 0 Å². The molecule has 0 radical (unpaired) electrons. The van der Waals surface area contributed by atoms with Crippen LogP contribution in [0.4, 0.5) is 0 Å². The second kappa shape index (κ2) is 3.40. The molecule has 0 aliphatic rings. The lowest BCUT2D eigenvalue weighted by atomic mass is 10.3. The maximum Gasteiger partial charge on any atom is 0.259 e. The first kappa shape index (κ1) is 9.73. The highest BCUT2D eigenvalue weighted by molar-refractivity contribution is 5.85. The van der Waals surface area contributed by atoms with Crippen molar-refractivity contribution in [2.45, 2.75) is 0 Å². The first-order valence-corrected chi connectivity index (χ1v) is 4.31. The third kappa shape index (κ3) is 1.30. The minimum absolute atomic E-state index is 0. The van der Waals surface area contributed by atoms with E-state index in [-0.39, 0.29) is 18.0 Å². The van der Waals surface area contributed by atoms with Gasteiger partial charge < -0.3 is 4.98 Å². The summed E-state index contributed by atoms with van der Waals surface area (Å²) >= 11 is 0. The summed E-state index contributed by atoms with van der Waals surface area (Å²) in [6.07, 6.45) is 1.51. The molecule has 0 amide bonds. The number of benzene rings is 1. The van der Waals surface area contributed by atoms with Crippen molar-refractivity contribution in [3.05, 3.63) is 46.9 Å². The molecule has 5 heteroatoms. The summed E-state index contributed by atoms with van der Waals surface area (Å²) in [5.74, 6) is 0.582. The van der Waals surface area contributed by atoms with Crippen molar-refractivity contribution < 1.29 is 0 Å². The molecule has 0 atom stereocenters. The van der Waals surface area contributed by atoms with Crippen LogP contribution in [0.5, 0.6) is 0 Å². The van der Waals surface area contributed by atoms with Crippen LogP contribution in [0.15, 0.2) is 41.3 Å². The van der Waals surface area contributed by atoms with Crippen LogP contribution in [0.25, 0.3) is 16.8 Å². The quantitative estimate of drug-likeness (QED) is 0.627. The Morgan fingerprint density at radius 2 is 2.00 bits per heavy atom. The Morgan fingerprint density at radius 3 is 2.87 bits per heavy atom. The Hall–Kier alpha value is -1.81. The van der Waals surface area contributed by atoms with Gasteiger partial charge in [0, 0.05) is 12.3 Å². The lowest BCUT2D eigenvalue weighted by Gasteiger charge is -1.90. The molecule has 15 heavy (non-hydrogen) atoms. The van der Waals surface area contributed by atoms with E-state index in [1.165, 1.54) is 12.3 Å². The Bertz CT molecular complexity index is 671. The van der Waals surface area contributed by atoms with Crippen molar-refractivity contribution in [3.8, 4) is 0 Å². The summed E-state index contributed by atoms with van der Waals surface area (Å²) in [4.78, 5) is 18.7. The average Bonchev–Trinajstić information content (AvgIpc) is 2.57. The van der Waals surface area contributed by atoms with E-state index in [0.717, 1.165) is 11.0 Å². The van der Waals surface area contributed by atoms with Crippen LogP contribution >= 0.6 is 12.4 Å². The van der Waals surface area contributed by atoms with Crippen LogP contribution in [0.3, 0.4) is 0 Å². The van der Waals surface area contributed by atoms with E-state index in [4.69, 9.17) is 0 Å². The number of H-pyrrole nitrogens is 1. The molecule has 0 aliphatic carbocycles. The number of hydrogen-bond donors (Lipinski definition) is 1. The molecule has 0 unspecified atom stereocenters. The summed E-state index contributed by atoms with van der Waals surface area (Å²) in [5.41, 5.74) is 1.72. The Labute approximate surface area is 91.0 Å². The summed E-state index contributed by atoms with van der Waals surface area (Å²) < 4.78 is 1.56. The van der Waals surface area contributed by atoms with Gasteiger partial charge in [-0.2, -0.15) is 0 Å². The predicted octanol–water partition coefficient (Wildman–Crippen LogP) is 1.60. The number of rotatable bonds is 0. The molecule has 0 aliphatic heterocycles. The van der Waals surface area contributed by atoms with Gasteiger partial charge in [-0.25, -0.2) is 9.38 Å². The van der Waals surface area contributed by atoms with Crippen LogP contribution in [0.2, 0.25) is 0 Å². The Balaban J connectivity index is 0.000000853. The number of aromatic amines is 1. The summed E-state index contributed by atoms with van der Waals surface area (Å²) in [6, 6.07) is 9.08. The molecule has 3 rings (SSSR count). The zero-order chi connectivity index (χ0) is 9.54. The van der Waals surface area contributed by atoms with Crippen LogP contribution in [0.1, 0.15) is 0 Å². The molecule has 2 aromatic heterocycles. The van der Waals surface area contributed by atoms with Gasteiger partial charge in [-0.15, -0.1) is 12.4 Å². The summed E-state index contributed by atoms with van der Waals surface area (Å²) in [6.45, 7) is 0. The van der Waals surface area contributed by atoms with Gasteiger partial charge in [-0.3, -0.25) is 4.79 Å². The fourth-order valence-electron chi connectivity index (χ4n) is 1.62. The normalized spacial score (nSPS) is 10.4. The molecule has 0 bridgehead atoms. The van der Waals surface area contributed by atoms with E-state index in [1.54, 1.807) is 4.40 Å². The minimum Gasteiger partial charge on any atom is -0.323 e. The molecule has 0 spiro atoms. The van der Waals surface area contributed by atoms with Crippen LogP contribution < -0.4 is 5.56 Å². The second-order valence-electron chi connectivity index (χ2n) is 3.08. The maximum absolute atomic E-state index is 11.6. The van der Waals surface area contributed by atoms with E-state index in [2.05, 4.69) is 9.97 Å². The molecule has 2 heterocycles. The van der Waals surface area contributed by atoms with Gasteiger partial charge in [-0.1, -0.05) is 12.1 Å². The molecule has 0 saturated carbocycles. The molecule has 4 nitrogen and oxygen atoms in total. The van der Waals surface area contributed by atoms with E-state index in [0.29, 0.717) is 5.78 Å². The number of halogens is 1. The highest BCUT2D eigenvalue weighted by Gasteiger charge is 2.03. The first-order chi connectivity index (χ1) is 6.86. The number of fused-ring (bicyclic) bond motifs is 3. The number of aromatic nitrogens is 3. The van der Waals surface area contributed by atoms with Gasteiger partial charge in [0.2, 0.25) is 5.78 Å². The molecule has 1 N–H and O–H groups in total. The fraction of sp³-hybridized carbons (Fsp3) is 0. The molecular weight excluding hydrogens is 214 g/mol. The Morgan fingerprint density at radius 1 is 1.20 bits per heavy atom. The molecular formula is C10H8ClN3O. The van der Waals surface area contributed by atoms with Crippen molar-refractivity contribution >= 4 is 29.2 Å². The third-order valence-electron chi connectivity index (χ3n) is 2.24. The van der Waals surface area contributed by atoms with Crippen molar-refractivity contribution in [1.82, 2.24) is 14.4 Å². The second-order valence-corrected chi connectivity index (χ2v) is 3.08. The number of nitrogens with one attached hydrogen (secondary N) is 1. The van der Waals surface area contributed by atoms with Gasteiger partial charge in [0.15, 0.2) is 0 Å². The van der Waals surface area contributed by atoms with Crippen molar-refractivity contribution in [2.24, 2.45) is 0 Å². The van der Waals surface area contributed by atoms with Gasteiger partial charge in [0.1, 0.15) is 0 Å². The SMILES string of the molecule is Cl.O=c1ccnc2[nH]c3ccccc3n12. The van der Waals surface area contributed by atoms with Crippen LogP contribution in [-0.4, -0.2) is 14.4 Å². The van der Waals surface area contributed by atoms with Gasteiger partial charge in [0.05, 0.1) is 11.0 Å². The van der Waals surface area contributed by atoms with E-state index in [1.807, 2.05) is 24.3 Å². The topological polar surface area (TPSA) is 50.2 Å². The third-order valence-corrected chi connectivity index (χ3v) is 2.24. The molecule has 0 fully saturated rings. The average molecular weight is 222 g/mol. The smallest absolute Gasteiger partial charge is 0.259 e. The van der Waals surface area contributed by atoms with E-state index in [9.17, 15) is 4.79 Å². The summed E-state index contributed by atoms with van der Waals surface area (Å²) in [5, 5.41) is 0. The van der Waals surface area contributed by atoms with Gasteiger partial charge >= 0.3 is 0 Å². The lowest BCUT2D eigenvalue weighted by Crippen LogP contribution is -2.10. The van der Waals surface area contributed by atoms with E-state index < -0.39 is 0 Å². The van der Waals surface area contributed by atoms with Crippen molar-refractivity contribution in [1.29, 1.82) is 0 Å². The highest BCUT2D eigenvalue weighted by Crippen LogP contribution is 2.11. The zero-order valence-corrected chi connectivity index (χ0v) is 8.49. The number of nitrogens with zero attached hydrogens (tertiary/aromatic N) is 2. The van der Waals surface area contributed by atoms with Gasteiger partial charge in [0.25, 0.3) is 5.56 Å². The highest BCUT2D eigenvalue weighted by atomic mass is 35.5. The summed E-state index contributed by atoms with van der Waals surface area (Å²) in [7, 11) is 0. The molecule has 0 saturated heterocycles. The molecule has 76 valence electrons. The Kier molecular flexibility index (Phi) is 2.21. The standard InChI is InChI=1S/C10H7N3O.ClH/c14-9-5-6-11-10-12-7-3-1-2-4-8(7)13(9)10;/h1-6H,(H,11,12);1H. The fourth-order valence-corrected chi connectivity index (χ4v) is 1.62. The lowest BCUT2D eigenvalue weighted by molar-refractivity contribution is 1.08. The molecule has 3 aromatic rings. The monoisotopic (exact) mass is 221 g/mol. The van der Waals surface area contributed by atoms with Crippen molar-refractivity contribution in [3.63, 3.8) is 0 Å². The maximum atomic E-state index is 11.6. The van der Waals surface area contributed by atoms with E-state index >= 15 is 0 Å². The predicted molar refractivity (Wildman–Crippen MR) is 60.6 cm³/mol. The largest absolute Gasteiger partial charge is 0.323 e. The first-order valence-electron chi connectivity index (χ1n) is 4.31. The number of hydrogen-bond acceptors (Lipinski definition) is 2. The van der Waals surface area contributed by atoms with Crippen molar-refractivity contribution in [2.75, 3.05) is 0 Å². The number of para-hydroxylation sites is 2. The molecule has 1 aromatic carbocycles. The van der Waals surface area contributed by atoms with Gasteiger partial charge in [-0.05, 0) is 12.1 Å². The number of imidazole rings is 1. The van der Waals surface area contributed by atoms with Crippen LogP contribution in [-0.2, 0) is 0 Å². The minimum atomic E-state index is -0.0625. The zero-order valence-electron chi connectivity index (χ0n) is 7.68.